The standard InChI is InChI=1S/C26H25N3O5/c1-17-25(20-5-3-4-6-21(20)28-17)26(31)19(15-27)13-18-7-8-22(23(14-18)32-2)34-16-24(30)29-9-11-33-12-10-29/h3-8,13-14,28H,9-12,16H2,1-2H3/b19-13+. The Morgan fingerprint density at radius 1 is 1.18 bits per heavy atom. The SMILES string of the molecule is COc1cc(/C=C(\C#N)C(=O)c2c(C)[nH]c3ccccc23)ccc1OCC(=O)N1CCOCC1. The average Bonchev–Trinajstić information content (AvgIpc) is 3.21. The maximum absolute atomic E-state index is 13.2. The number of aromatic amines is 1. The van der Waals surface area contributed by atoms with Crippen molar-refractivity contribution < 1.29 is 23.8 Å². The molecule has 8 heteroatoms. The molecule has 2 aromatic carbocycles. The number of ether oxygens (including phenoxy) is 3. The zero-order valence-electron chi connectivity index (χ0n) is 19.1. The van der Waals surface area contributed by atoms with Crippen LogP contribution in [0.5, 0.6) is 11.5 Å². The summed E-state index contributed by atoms with van der Waals surface area (Å²) in [6, 6.07) is 14.6. The number of para-hydroxylation sites is 1. The Labute approximate surface area is 197 Å². The first kappa shape index (κ1) is 23.1. The molecule has 1 fully saturated rings. The second-order valence-corrected chi connectivity index (χ2v) is 7.86. The summed E-state index contributed by atoms with van der Waals surface area (Å²) >= 11 is 0. The van der Waals surface area contributed by atoms with Crippen molar-refractivity contribution in [3.8, 4) is 17.6 Å². The Hall–Kier alpha value is -4.09. The maximum atomic E-state index is 13.2. The molecule has 1 amide bonds. The van der Waals surface area contributed by atoms with Crippen molar-refractivity contribution in [1.82, 2.24) is 9.88 Å². The van der Waals surface area contributed by atoms with Gasteiger partial charge in [-0.25, -0.2) is 0 Å². The quantitative estimate of drug-likeness (QED) is 0.329. The first-order valence-electron chi connectivity index (χ1n) is 10.9. The van der Waals surface area contributed by atoms with Gasteiger partial charge in [-0.2, -0.15) is 5.26 Å². The van der Waals surface area contributed by atoms with Crippen molar-refractivity contribution in [1.29, 1.82) is 5.26 Å². The molecular weight excluding hydrogens is 434 g/mol. The summed E-state index contributed by atoms with van der Waals surface area (Å²) in [6.45, 7) is 3.83. The van der Waals surface area contributed by atoms with Gasteiger partial charge in [-0.1, -0.05) is 24.3 Å². The molecule has 34 heavy (non-hydrogen) atoms. The number of nitriles is 1. The molecule has 1 aliphatic rings. The normalized spacial score (nSPS) is 14.0. The summed E-state index contributed by atoms with van der Waals surface area (Å²) < 4.78 is 16.4. The number of hydrogen-bond acceptors (Lipinski definition) is 6. The maximum Gasteiger partial charge on any atom is 0.260 e. The molecule has 1 N–H and O–H groups in total. The number of aryl methyl sites for hydroxylation is 1. The van der Waals surface area contributed by atoms with Gasteiger partial charge in [0, 0.05) is 29.7 Å². The largest absolute Gasteiger partial charge is 0.493 e. The van der Waals surface area contributed by atoms with Crippen LogP contribution >= 0.6 is 0 Å². The van der Waals surface area contributed by atoms with Gasteiger partial charge in [0.2, 0.25) is 5.78 Å². The van der Waals surface area contributed by atoms with Gasteiger partial charge in [0.25, 0.3) is 5.91 Å². The number of amides is 1. The molecule has 0 radical (unpaired) electrons. The van der Waals surface area contributed by atoms with Gasteiger partial charge in [-0.3, -0.25) is 9.59 Å². The number of ketones is 1. The molecule has 2 heterocycles. The van der Waals surface area contributed by atoms with E-state index >= 15 is 0 Å². The molecule has 0 aliphatic carbocycles. The molecular formula is C26H25N3O5. The third-order valence-corrected chi connectivity index (χ3v) is 5.70. The van der Waals surface area contributed by atoms with Crippen molar-refractivity contribution in [2.24, 2.45) is 0 Å². The summed E-state index contributed by atoms with van der Waals surface area (Å²) in [5.41, 5.74) is 2.64. The van der Waals surface area contributed by atoms with Crippen LogP contribution in [0.15, 0.2) is 48.0 Å². The minimum absolute atomic E-state index is 0.00562. The highest BCUT2D eigenvalue weighted by atomic mass is 16.5. The van der Waals surface area contributed by atoms with Gasteiger partial charge >= 0.3 is 0 Å². The third-order valence-electron chi connectivity index (χ3n) is 5.70. The van der Waals surface area contributed by atoms with Gasteiger partial charge in [0.05, 0.1) is 25.9 Å². The monoisotopic (exact) mass is 459 g/mol. The van der Waals surface area contributed by atoms with E-state index in [9.17, 15) is 14.9 Å². The lowest BCUT2D eigenvalue weighted by molar-refractivity contribution is -0.137. The van der Waals surface area contributed by atoms with Gasteiger partial charge in [0.15, 0.2) is 18.1 Å². The van der Waals surface area contributed by atoms with Crippen LogP contribution in [0.1, 0.15) is 21.6 Å². The molecule has 1 saturated heterocycles. The number of Topliss-reactive ketones (excluding diaryl/α,β-unsaturated/α-hetero) is 1. The average molecular weight is 460 g/mol. The summed E-state index contributed by atoms with van der Waals surface area (Å²) in [6.07, 6.45) is 1.52. The number of H-pyrrole nitrogens is 1. The highest BCUT2D eigenvalue weighted by Crippen LogP contribution is 2.30. The fourth-order valence-corrected chi connectivity index (χ4v) is 3.96. The van der Waals surface area contributed by atoms with Crippen LogP contribution in [0.2, 0.25) is 0 Å². The number of hydrogen-bond donors (Lipinski definition) is 1. The molecule has 3 aromatic rings. The van der Waals surface area contributed by atoms with E-state index in [4.69, 9.17) is 14.2 Å². The molecule has 4 rings (SSSR count). The molecule has 174 valence electrons. The lowest BCUT2D eigenvalue weighted by atomic mass is 9.99. The zero-order chi connectivity index (χ0) is 24.1. The first-order valence-corrected chi connectivity index (χ1v) is 10.9. The number of fused-ring (bicyclic) bond motifs is 1. The van der Waals surface area contributed by atoms with E-state index < -0.39 is 0 Å². The number of nitrogens with one attached hydrogen (secondary N) is 1. The second kappa shape index (κ2) is 10.2. The number of allylic oxidation sites excluding steroid dienone is 1. The van der Waals surface area contributed by atoms with Crippen LogP contribution in [0.4, 0.5) is 0 Å². The van der Waals surface area contributed by atoms with E-state index in [-0.39, 0.29) is 23.9 Å². The summed E-state index contributed by atoms with van der Waals surface area (Å²) in [5, 5.41) is 10.5. The smallest absolute Gasteiger partial charge is 0.260 e. The van der Waals surface area contributed by atoms with Crippen LogP contribution in [-0.2, 0) is 9.53 Å². The number of nitrogens with zero attached hydrogens (tertiary/aromatic N) is 2. The number of rotatable bonds is 7. The van der Waals surface area contributed by atoms with Crippen molar-refractivity contribution in [3.63, 3.8) is 0 Å². The number of carbonyl (C=O) groups is 2. The number of benzene rings is 2. The minimum atomic E-state index is -0.354. The predicted molar refractivity (Wildman–Crippen MR) is 127 cm³/mol. The summed E-state index contributed by atoms with van der Waals surface area (Å²) in [4.78, 5) is 30.4. The Kier molecular flexibility index (Phi) is 6.95. The zero-order valence-corrected chi connectivity index (χ0v) is 19.1. The highest BCUT2D eigenvalue weighted by molar-refractivity contribution is 6.20. The lowest BCUT2D eigenvalue weighted by Crippen LogP contribution is -2.43. The fourth-order valence-electron chi connectivity index (χ4n) is 3.96. The Morgan fingerprint density at radius 2 is 1.94 bits per heavy atom. The summed E-state index contributed by atoms with van der Waals surface area (Å²) in [5.74, 6) is 0.323. The third kappa shape index (κ3) is 4.80. The Bertz CT molecular complexity index is 1300. The van der Waals surface area contributed by atoms with Gasteiger partial charge in [0.1, 0.15) is 11.6 Å². The lowest BCUT2D eigenvalue weighted by Gasteiger charge is -2.26. The Morgan fingerprint density at radius 3 is 2.68 bits per heavy atom. The minimum Gasteiger partial charge on any atom is -0.493 e. The van der Waals surface area contributed by atoms with E-state index in [0.717, 1.165) is 10.9 Å². The van der Waals surface area contributed by atoms with E-state index in [0.29, 0.717) is 54.6 Å². The van der Waals surface area contributed by atoms with Crippen LogP contribution in [0.3, 0.4) is 0 Å². The molecule has 8 nitrogen and oxygen atoms in total. The van der Waals surface area contributed by atoms with Crippen LogP contribution in [0, 0.1) is 18.3 Å². The van der Waals surface area contributed by atoms with Gasteiger partial charge < -0.3 is 24.1 Å². The predicted octanol–water partition coefficient (Wildman–Crippen LogP) is 3.51. The van der Waals surface area contributed by atoms with Crippen LogP contribution in [0.25, 0.3) is 17.0 Å². The topological polar surface area (TPSA) is 105 Å². The number of methoxy groups -OCH3 is 1. The molecule has 0 bridgehead atoms. The molecule has 0 atom stereocenters. The molecule has 0 spiro atoms. The van der Waals surface area contributed by atoms with Crippen molar-refractivity contribution in [3.05, 3.63) is 64.9 Å². The van der Waals surface area contributed by atoms with Gasteiger partial charge in [-0.15, -0.1) is 0 Å². The molecule has 0 saturated carbocycles. The van der Waals surface area contributed by atoms with Crippen LogP contribution in [-0.4, -0.2) is 61.6 Å². The van der Waals surface area contributed by atoms with E-state index in [1.807, 2.05) is 37.3 Å². The fraction of sp³-hybridized carbons (Fsp3) is 0.269. The molecule has 0 unspecified atom stereocenters. The number of carbonyl (C=O) groups excluding carboxylic acids is 2. The first-order chi connectivity index (χ1) is 16.5. The Balaban J connectivity index is 1.54. The number of morpholine rings is 1. The number of aromatic nitrogens is 1. The molecule has 1 aromatic heterocycles. The highest BCUT2D eigenvalue weighted by Gasteiger charge is 2.21. The van der Waals surface area contributed by atoms with Crippen molar-refractivity contribution in [2.75, 3.05) is 40.0 Å². The van der Waals surface area contributed by atoms with Crippen molar-refractivity contribution in [2.45, 2.75) is 6.92 Å². The van der Waals surface area contributed by atoms with Gasteiger partial charge in [-0.05, 0) is 36.8 Å². The van der Waals surface area contributed by atoms with E-state index in [1.54, 1.807) is 23.1 Å². The van der Waals surface area contributed by atoms with E-state index in [1.165, 1.54) is 13.2 Å². The second-order valence-electron chi connectivity index (χ2n) is 7.86. The van der Waals surface area contributed by atoms with Crippen molar-refractivity contribution >= 4 is 28.7 Å². The van der Waals surface area contributed by atoms with E-state index in [2.05, 4.69) is 4.98 Å². The summed E-state index contributed by atoms with van der Waals surface area (Å²) in [7, 11) is 1.49. The van der Waals surface area contributed by atoms with Crippen LogP contribution < -0.4 is 9.47 Å². The molecule has 1 aliphatic heterocycles.